The SMILES string of the molecule is CC(C)(C)OC(=O)N1CCCC(c2cc(Cl)cc(-c3cnn4ccccc34)n2)C1. The molecule has 1 fully saturated rings. The highest BCUT2D eigenvalue weighted by Gasteiger charge is 2.29. The first-order chi connectivity index (χ1) is 13.8. The van der Waals surface area contributed by atoms with Gasteiger partial charge in [-0.2, -0.15) is 5.10 Å². The summed E-state index contributed by atoms with van der Waals surface area (Å²) in [7, 11) is 0. The fraction of sp³-hybridized carbons (Fsp3) is 0.409. The second-order valence-electron chi connectivity index (χ2n) is 8.45. The molecule has 7 heteroatoms. The van der Waals surface area contributed by atoms with Gasteiger partial charge in [0.05, 0.1) is 17.4 Å². The summed E-state index contributed by atoms with van der Waals surface area (Å²) in [5, 5.41) is 5.03. The molecule has 0 spiro atoms. The van der Waals surface area contributed by atoms with Crippen molar-refractivity contribution in [3.8, 4) is 11.3 Å². The number of carbonyl (C=O) groups excluding carboxylic acids is 1. The van der Waals surface area contributed by atoms with E-state index < -0.39 is 5.60 Å². The summed E-state index contributed by atoms with van der Waals surface area (Å²) >= 11 is 6.45. The first-order valence-electron chi connectivity index (χ1n) is 9.88. The Morgan fingerprint density at radius 3 is 2.90 bits per heavy atom. The number of fused-ring (bicyclic) bond motifs is 1. The van der Waals surface area contributed by atoms with Gasteiger partial charge in [-0.3, -0.25) is 4.98 Å². The Kier molecular flexibility index (Phi) is 5.21. The number of hydrogen-bond acceptors (Lipinski definition) is 4. The molecule has 1 unspecified atom stereocenters. The van der Waals surface area contributed by atoms with Gasteiger partial charge >= 0.3 is 6.09 Å². The summed E-state index contributed by atoms with van der Waals surface area (Å²) in [6, 6.07) is 9.69. The van der Waals surface area contributed by atoms with E-state index in [2.05, 4.69) is 5.10 Å². The monoisotopic (exact) mass is 412 g/mol. The standard InChI is InChI=1S/C22H25ClN4O2/c1-22(2,3)29-21(28)26-9-6-7-15(14-26)18-11-16(23)12-19(25-18)17-13-24-27-10-5-4-8-20(17)27/h4-5,8,10-13,15H,6-7,9,14H2,1-3H3. The molecule has 0 bridgehead atoms. The van der Waals surface area contributed by atoms with E-state index in [9.17, 15) is 4.79 Å². The number of ether oxygens (including phenoxy) is 1. The van der Waals surface area contributed by atoms with E-state index >= 15 is 0 Å². The van der Waals surface area contributed by atoms with Gasteiger partial charge in [-0.1, -0.05) is 17.7 Å². The van der Waals surface area contributed by atoms with Gasteiger partial charge in [0.15, 0.2) is 0 Å². The average Bonchev–Trinajstić information content (AvgIpc) is 3.10. The van der Waals surface area contributed by atoms with E-state index in [4.69, 9.17) is 21.3 Å². The van der Waals surface area contributed by atoms with Crippen LogP contribution in [0, 0.1) is 0 Å². The Morgan fingerprint density at radius 1 is 1.28 bits per heavy atom. The van der Waals surface area contributed by atoms with Gasteiger partial charge in [0.1, 0.15) is 5.60 Å². The van der Waals surface area contributed by atoms with Crippen LogP contribution in [0.15, 0.2) is 42.7 Å². The van der Waals surface area contributed by atoms with Crippen molar-refractivity contribution >= 4 is 23.2 Å². The normalized spacial score (nSPS) is 17.5. The van der Waals surface area contributed by atoms with Gasteiger partial charge in [-0.05, 0) is 57.9 Å². The topological polar surface area (TPSA) is 59.7 Å². The summed E-state index contributed by atoms with van der Waals surface area (Å²) in [6.07, 6.45) is 5.31. The lowest BCUT2D eigenvalue weighted by Crippen LogP contribution is -2.42. The molecule has 0 aromatic carbocycles. The number of pyridine rings is 2. The number of amides is 1. The van der Waals surface area contributed by atoms with Crippen molar-refractivity contribution in [1.29, 1.82) is 0 Å². The maximum absolute atomic E-state index is 12.5. The van der Waals surface area contributed by atoms with Gasteiger partial charge in [-0.15, -0.1) is 0 Å². The highest BCUT2D eigenvalue weighted by atomic mass is 35.5. The molecule has 1 atom stereocenters. The number of aromatic nitrogens is 3. The van der Waals surface area contributed by atoms with Crippen molar-refractivity contribution < 1.29 is 9.53 Å². The zero-order valence-corrected chi connectivity index (χ0v) is 17.7. The Morgan fingerprint density at radius 2 is 2.10 bits per heavy atom. The molecule has 0 aliphatic carbocycles. The largest absolute Gasteiger partial charge is 0.444 e. The number of halogens is 1. The Bertz CT molecular complexity index is 1040. The van der Waals surface area contributed by atoms with Gasteiger partial charge in [0, 0.05) is 41.5 Å². The van der Waals surface area contributed by atoms with Crippen LogP contribution in [0.3, 0.4) is 0 Å². The van der Waals surface area contributed by atoms with Crippen LogP contribution in [0.4, 0.5) is 4.79 Å². The smallest absolute Gasteiger partial charge is 0.410 e. The third-order valence-electron chi connectivity index (χ3n) is 5.00. The summed E-state index contributed by atoms with van der Waals surface area (Å²) in [5.74, 6) is 0.121. The molecular formula is C22H25ClN4O2. The quantitative estimate of drug-likeness (QED) is 0.583. The fourth-order valence-electron chi connectivity index (χ4n) is 3.71. The number of piperidine rings is 1. The Labute approximate surface area is 175 Å². The van der Waals surface area contributed by atoms with Crippen molar-refractivity contribution in [2.45, 2.75) is 45.1 Å². The van der Waals surface area contributed by atoms with Gasteiger partial charge in [0.2, 0.25) is 0 Å². The molecule has 0 N–H and O–H groups in total. The van der Waals surface area contributed by atoms with Gasteiger partial charge < -0.3 is 9.64 Å². The predicted molar refractivity (Wildman–Crippen MR) is 113 cm³/mol. The van der Waals surface area contributed by atoms with Gasteiger partial charge in [-0.25, -0.2) is 9.31 Å². The predicted octanol–water partition coefficient (Wildman–Crippen LogP) is 5.16. The van der Waals surface area contributed by atoms with Crippen molar-refractivity contribution in [2.24, 2.45) is 0 Å². The maximum Gasteiger partial charge on any atom is 0.410 e. The third-order valence-corrected chi connectivity index (χ3v) is 5.22. The van der Waals surface area contributed by atoms with Crippen LogP contribution in [0.2, 0.25) is 5.02 Å². The van der Waals surface area contributed by atoms with E-state index in [0.717, 1.165) is 35.3 Å². The third kappa shape index (κ3) is 4.37. The van der Waals surface area contributed by atoms with E-state index in [-0.39, 0.29) is 12.0 Å². The highest BCUT2D eigenvalue weighted by Crippen LogP contribution is 2.32. The second kappa shape index (κ2) is 7.67. The minimum atomic E-state index is -0.505. The van der Waals surface area contributed by atoms with Crippen LogP contribution in [0.1, 0.15) is 45.2 Å². The number of likely N-dealkylation sites (tertiary alicyclic amines) is 1. The average molecular weight is 413 g/mol. The van der Waals surface area contributed by atoms with Crippen LogP contribution in [0.25, 0.3) is 16.8 Å². The zero-order valence-electron chi connectivity index (χ0n) is 16.9. The van der Waals surface area contributed by atoms with E-state index in [1.807, 2.05) is 68.0 Å². The first-order valence-corrected chi connectivity index (χ1v) is 10.3. The molecule has 152 valence electrons. The van der Waals surface area contributed by atoms with Crippen molar-refractivity contribution in [3.63, 3.8) is 0 Å². The molecule has 3 aromatic heterocycles. The van der Waals surface area contributed by atoms with Crippen LogP contribution in [-0.2, 0) is 4.74 Å². The zero-order chi connectivity index (χ0) is 20.6. The lowest BCUT2D eigenvalue weighted by Gasteiger charge is -2.34. The molecule has 6 nitrogen and oxygen atoms in total. The molecule has 0 radical (unpaired) electrons. The molecular weight excluding hydrogens is 388 g/mol. The van der Waals surface area contributed by atoms with E-state index in [1.54, 1.807) is 4.90 Å². The van der Waals surface area contributed by atoms with Crippen LogP contribution in [0.5, 0.6) is 0 Å². The summed E-state index contributed by atoms with van der Waals surface area (Å²) in [4.78, 5) is 19.2. The summed E-state index contributed by atoms with van der Waals surface area (Å²) < 4.78 is 7.37. The van der Waals surface area contributed by atoms with E-state index in [0.29, 0.717) is 18.1 Å². The lowest BCUT2D eigenvalue weighted by atomic mass is 9.94. The highest BCUT2D eigenvalue weighted by molar-refractivity contribution is 6.30. The van der Waals surface area contributed by atoms with Crippen LogP contribution in [-0.4, -0.2) is 44.3 Å². The van der Waals surface area contributed by atoms with Gasteiger partial charge in [0.25, 0.3) is 0 Å². The fourth-order valence-corrected chi connectivity index (χ4v) is 3.92. The van der Waals surface area contributed by atoms with Crippen molar-refractivity contribution in [1.82, 2.24) is 19.5 Å². The minimum Gasteiger partial charge on any atom is -0.444 e. The molecule has 1 aliphatic heterocycles. The molecule has 1 saturated heterocycles. The molecule has 0 saturated carbocycles. The molecule has 1 amide bonds. The summed E-state index contributed by atoms with van der Waals surface area (Å²) in [5.41, 5.74) is 3.11. The molecule has 4 heterocycles. The Balaban J connectivity index is 1.61. The second-order valence-corrected chi connectivity index (χ2v) is 8.89. The molecule has 1 aliphatic rings. The van der Waals surface area contributed by atoms with E-state index in [1.165, 1.54) is 0 Å². The Hall–Kier alpha value is -2.60. The maximum atomic E-state index is 12.5. The number of hydrogen-bond donors (Lipinski definition) is 0. The molecule has 4 rings (SSSR count). The van der Waals surface area contributed by atoms with Crippen molar-refractivity contribution in [2.75, 3.05) is 13.1 Å². The first kappa shape index (κ1) is 19.7. The molecule has 29 heavy (non-hydrogen) atoms. The van der Waals surface area contributed by atoms with Crippen molar-refractivity contribution in [3.05, 3.63) is 53.4 Å². The lowest BCUT2D eigenvalue weighted by molar-refractivity contribution is 0.0197. The number of nitrogens with zero attached hydrogens (tertiary/aromatic N) is 4. The molecule has 3 aromatic rings. The number of rotatable bonds is 2. The summed E-state index contributed by atoms with van der Waals surface area (Å²) in [6.45, 7) is 6.93. The van der Waals surface area contributed by atoms with Crippen LogP contribution >= 0.6 is 11.6 Å². The van der Waals surface area contributed by atoms with Crippen LogP contribution < -0.4 is 0 Å². The number of carbonyl (C=O) groups is 1. The minimum absolute atomic E-state index is 0.121.